The fraction of sp³-hybridized carbons (Fsp3) is 0.531. The van der Waals surface area contributed by atoms with Crippen LogP contribution < -0.4 is 15.4 Å². The first-order chi connectivity index (χ1) is 20.1. The molecule has 1 fully saturated rings. The fourth-order valence-electron chi connectivity index (χ4n) is 5.76. The van der Waals surface area contributed by atoms with Crippen LogP contribution in [-0.4, -0.2) is 82.9 Å². The lowest BCUT2D eigenvalue weighted by Gasteiger charge is -2.34. The smallest absolute Gasteiger partial charge is 0.335 e. The number of carbonyl (C=O) groups is 3. The normalized spacial score (nSPS) is 20.5. The second-order valence-electron chi connectivity index (χ2n) is 11.8. The van der Waals surface area contributed by atoms with E-state index in [2.05, 4.69) is 15.5 Å². The van der Waals surface area contributed by atoms with E-state index < -0.39 is 5.97 Å². The third-order valence-electron chi connectivity index (χ3n) is 8.26. The Bertz CT molecular complexity index is 1230. The van der Waals surface area contributed by atoms with Gasteiger partial charge in [0.2, 0.25) is 5.91 Å². The number of benzene rings is 2. The predicted molar refractivity (Wildman–Crippen MR) is 161 cm³/mol. The quantitative estimate of drug-likeness (QED) is 0.351. The van der Waals surface area contributed by atoms with Crippen molar-refractivity contribution >= 4 is 23.6 Å². The number of nitrogens with zero attached hydrogens (tertiary/aromatic N) is 2. The number of likely N-dealkylation sites (N-methyl/N-ethyl adjacent to an activating group) is 1. The number of urea groups is 1. The number of carboxylic acids is 1. The van der Waals surface area contributed by atoms with Gasteiger partial charge in [0.25, 0.3) is 0 Å². The van der Waals surface area contributed by atoms with Crippen molar-refractivity contribution in [2.75, 3.05) is 32.1 Å². The molecule has 2 aromatic rings. The van der Waals surface area contributed by atoms with Crippen LogP contribution in [0.5, 0.6) is 5.75 Å². The molecule has 0 radical (unpaired) electrons. The molecule has 2 aromatic carbocycles. The van der Waals surface area contributed by atoms with E-state index in [9.17, 15) is 24.6 Å². The van der Waals surface area contributed by atoms with Crippen molar-refractivity contribution in [3.63, 3.8) is 0 Å². The van der Waals surface area contributed by atoms with Gasteiger partial charge in [-0.05, 0) is 62.7 Å². The van der Waals surface area contributed by atoms with Crippen molar-refractivity contribution in [3.8, 4) is 5.75 Å². The zero-order valence-corrected chi connectivity index (χ0v) is 24.8. The van der Waals surface area contributed by atoms with Crippen molar-refractivity contribution in [1.29, 1.82) is 0 Å². The van der Waals surface area contributed by atoms with E-state index in [0.29, 0.717) is 36.6 Å². The first-order valence-electron chi connectivity index (χ1n) is 14.9. The Morgan fingerprint density at radius 3 is 2.50 bits per heavy atom. The van der Waals surface area contributed by atoms with Crippen molar-refractivity contribution in [3.05, 3.63) is 59.2 Å². The highest BCUT2D eigenvalue weighted by molar-refractivity contribution is 5.90. The van der Waals surface area contributed by atoms with E-state index >= 15 is 0 Å². The number of aliphatic hydroxyl groups is 1. The van der Waals surface area contributed by atoms with Gasteiger partial charge in [0.05, 0.1) is 24.6 Å². The topological polar surface area (TPSA) is 131 Å². The molecule has 0 unspecified atom stereocenters. The summed E-state index contributed by atoms with van der Waals surface area (Å²) in [6, 6.07) is 11.8. The molecular weight excluding hydrogens is 536 g/mol. The SMILES string of the molecule is C[C@H]1CN([C@@H](C)CO)C(=O)Cc2cc(NC(=O)NC3CCCCC3)ccc2O[C@H]1CN(C)Cc1ccc(C(=O)O)cc1. The molecule has 0 spiro atoms. The standard InChI is InChI=1S/C32H44N4O6/c1-21-17-36(22(2)20-37)30(38)16-25-15-27(34-32(41)33-26-7-5-4-6-8-26)13-14-28(25)42-29(21)19-35(3)18-23-9-11-24(12-10-23)31(39)40/h9-15,21-22,26,29,37H,4-8,16-20H2,1-3H3,(H,39,40)(H2,33,34,41)/t21-,22-,29-/m0/s1. The third-order valence-corrected chi connectivity index (χ3v) is 8.26. The molecule has 10 nitrogen and oxygen atoms in total. The number of hydrogen-bond donors (Lipinski definition) is 4. The van der Waals surface area contributed by atoms with Crippen molar-refractivity contribution in [2.24, 2.45) is 5.92 Å². The summed E-state index contributed by atoms with van der Waals surface area (Å²) in [4.78, 5) is 41.2. The molecular formula is C32H44N4O6. The molecule has 3 atom stereocenters. The first-order valence-corrected chi connectivity index (χ1v) is 14.9. The maximum absolute atomic E-state index is 13.5. The Morgan fingerprint density at radius 1 is 1.12 bits per heavy atom. The number of ether oxygens (including phenoxy) is 1. The van der Waals surface area contributed by atoms with Crippen molar-refractivity contribution in [2.45, 2.75) is 77.1 Å². The summed E-state index contributed by atoms with van der Waals surface area (Å²) in [6.07, 6.45) is 5.24. The molecule has 1 saturated carbocycles. The Labute approximate surface area is 248 Å². The largest absolute Gasteiger partial charge is 0.488 e. The molecule has 0 saturated heterocycles. The van der Waals surface area contributed by atoms with E-state index in [1.807, 2.05) is 39.1 Å². The number of hydrogen-bond acceptors (Lipinski definition) is 6. The Hall–Kier alpha value is -3.63. The van der Waals surface area contributed by atoms with Crippen LogP contribution in [0, 0.1) is 5.92 Å². The summed E-state index contributed by atoms with van der Waals surface area (Å²) in [5.41, 5.74) is 2.49. The summed E-state index contributed by atoms with van der Waals surface area (Å²) in [7, 11) is 1.98. The van der Waals surface area contributed by atoms with Gasteiger partial charge in [0.1, 0.15) is 11.9 Å². The molecule has 3 amide bonds. The highest BCUT2D eigenvalue weighted by Gasteiger charge is 2.31. The molecule has 2 aliphatic rings. The molecule has 10 heteroatoms. The molecule has 1 aliphatic heterocycles. The number of carboxylic acid groups (broad SMARTS) is 1. The lowest BCUT2D eigenvalue weighted by Crippen LogP contribution is -2.47. The maximum Gasteiger partial charge on any atom is 0.335 e. The summed E-state index contributed by atoms with van der Waals surface area (Å²) in [5.74, 6) is -0.522. The van der Waals surface area contributed by atoms with Crippen molar-refractivity contribution in [1.82, 2.24) is 15.1 Å². The minimum atomic E-state index is -0.958. The van der Waals surface area contributed by atoms with Crippen LogP contribution in [0.2, 0.25) is 0 Å². The molecule has 4 rings (SSSR count). The maximum atomic E-state index is 13.5. The minimum absolute atomic E-state index is 0.0511. The summed E-state index contributed by atoms with van der Waals surface area (Å²) in [6.45, 7) is 5.30. The number of nitrogens with one attached hydrogen (secondary N) is 2. The van der Waals surface area contributed by atoms with E-state index in [-0.39, 0.29) is 54.6 Å². The first kappa shape index (κ1) is 31.3. The number of fused-ring (bicyclic) bond motifs is 1. The fourth-order valence-corrected chi connectivity index (χ4v) is 5.76. The van der Waals surface area contributed by atoms with Crippen LogP contribution in [0.4, 0.5) is 10.5 Å². The van der Waals surface area contributed by atoms with Crippen LogP contribution in [0.1, 0.15) is 67.4 Å². The molecule has 0 bridgehead atoms. The average Bonchev–Trinajstić information content (AvgIpc) is 3.00. The highest BCUT2D eigenvalue weighted by Crippen LogP contribution is 2.29. The van der Waals surface area contributed by atoms with Gasteiger partial charge in [-0.3, -0.25) is 9.69 Å². The summed E-state index contributed by atoms with van der Waals surface area (Å²) < 4.78 is 6.59. The second-order valence-corrected chi connectivity index (χ2v) is 11.8. The minimum Gasteiger partial charge on any atom is -0.488 e. The highest BCUT2D eigenvalue weighted by atomic mass is 16.5. The zero-order valence-electron chi connectivity index (χ0n) is 24.8. The number of carbonyl (C=O) groups excluding carboxylic acids is 2. The number of anilines is 1. The van der Waals surface area contributed by atoms with Gasteiger partial charge in [-0.25, -0.2) is 9.59 Å². The average molecular weight is 581 g/mol. The summed E-state index contributed by atoms with van der Waals surface area (Å²) >= 11 is 0. The van der Waals surface area contributed by atoms with E-state index in [1.54, 1.807) is 29.2 Å². The third kappa shape index (κ3) is 8.45. The monoisotopic (exact) mass is 580 g/mol. The number of amides is 3. The van der Waals surface area contributed by atoms with Gasteiger partial charge in [0.15, 0.2) is 0 Å². The van der Waals surface area contributed by atoms with Crippen LogP contribution in [0.25, 0.3) is 0 Å². The van der Waals surface area contributed by atoms with Gasteiger partial charge in [-0.1, -0.05) is 38.3 Å². The summed E-state index contributed by atoms with van der Waals surface area (Å²) in [5, 5.41) is 25.1. The number of rotatable bonds is 9. The molecule has 228 valence electrons. The van der Waals surface area contributed by atoms with Gasteiger partial charge in [0, 0.05) is 42.8 Å². The van der Waals surface area contributed by atoms with E-state index in [1.165, 1.54) is 6.42 Å². The molecule has 1 aliphatic carbocycles. The molecule has 42 heavy (non-hydrogen) atoms. The van der Waals surface area contributed by atoms with Crippen LogP contribution in [-0.2, 0) is 17.8 Å². The Morgan fingerprint density at radius 2 is 1.83 bits per heavy atom. The molecule has 1 heterocycles. The van der Waals surface area contributed by atoms with Gasteiger partial charge < -0.3 is 30.5 Å². The van der Waals surface area contributed by atoms with Crippen LogP contribution in [0.3, 0.4) is 0 Å². The predicted octanol–water partition coefficient (Wildman–Crippen LogP) is 4.12. The zero-order chi connectivity index (χ0) is 30.2. The molecule has 4 N–H and O–H groups in total. The lowest BCUT2D eigenvalue weighted by molar-refractivity contribution is -0.134. The van der Waals surface area contributed by atoms with Gasteiger partial charge >= 0.3 is 12.0 Å². The van der Waals surface area contributed by atoms with Crippen LogP contribution >= 0.6 is 0 Å². The molecule has 0 aromatic heterocycles. The second kappa shape index (κ2) is 14.5. The number of aliphatic hydroxyl groups excluding tert-OH is 1. The van der Waals surface area contributed by atoms with E-state index in [4.69, 9.17) is 4.74 Å². The van der Waals surface area contributed by atoms with E-state index in [0.717, 1.165) is 31.2 Å². The van der Waals surface area contributed by atoms with Gasteiger partial charge in [-0.15, -0.1) is 0 Å². The Kier molecular flexibility index (Phi) is 10.8. The number of aromatic carboxylic acids is 1. The van der Waals surface area contributed by atoms with Crippen LogP contribution in [0.15, 0.2) is 42.5 Å². The Balaban J connectivity index is 1.52. The van der Waals surface area contributed by atoms with Crippen molar-refractivity contribution < 1.29 is 29.3 Å². The lowest BCUT2D eigenvalue weighted by atomic mass is 9.96. The van der Waals surface area contributed by atoms with Gasteiger partial charge in [-0.2, -0.15) is 0 Å².